The number of aromatic amines is 1. The molecule has 3 rings (SSSR count). The molecule has 0 bridgehead atoms. The number of hydrogen-bond donors (Lipinski definition) is 2. The Morgan fingerprint density at radius 1 is 1.43 bits per heavy atom. The van der Waals surface area contributed by atoms with Crippen LogP contribution in [0.1, 0.15) is 5.56 Å². The van der Waals surface area contributed by atoms with Crippen molar-refractivity contribution in [3.05, 3.63) is 41.7 Å². The molecule has 3 heterocycles. The molecule has 0 fully saturated rings. The van der Waals surface area contributed by atoms with Crippen molar-refractivity contribution in [1.82, 2.24) is 20.0 Å². The van der Waals surface area contributed by atoms with Crippen molar-refractivity contribution in [3.8, 4) is 10.6 Å². The fraction of sp³-hybridized carbons (Fsp3) is 0.286. The molecular formula is C14H17N5OS. The maximum absolute atomic E-state index is 5.04. The first-order valence-electron chi connectivity index (χ1n) is 6.68. The predicted molar refractivity (Wildman–Crippen MR) is 83.3 cm³/mol. The van der Waals surface area contributed by atoms with E-state index in [9.17, 15) is 0 Å². The first kappa shape index (κ1) is 13.8. The summed E-state index contributed by atoms with van der Waals surface area (Å²) in [5.74, 6) is 0. The monoisotopic (exact) mass is 303 g/mol. The summed E-state index contributed by atoms with van der Waals surface area (Å²) in [6, 6.07) is 4.13. The fourth-order valence-electron chi connectivity index (χ4n) is 2.04. The van der Waals surface area contributed by atoms with Crippen LogP contribution in [0.4, 0.5) is 5.69 Å². The van der Waals surface area contributed by atoms with Crippen LogP contribution >= 0.6 is 11.3 Å². The molecule has 3 aromatic heterocycles. The molecule has 0 amide bonds. The summed E-state index contributed by atoms with van der Waals surface area (Å²) in [5, 5.41) is 16.9. The Labute approximate surface area is 126 Å². The second kappa shape index (κ2) is 6.55. The molecule has 0 saturated carbocycles. The highest BCUT2D eigenvalue weighted by atomic mass is 32.1. The standard InChI is InChI=1S/C14H17N5OS/c1-20-5-4-19-10-12(9-17-19)15-7-11-8-16-18-14(11)13-3-2-6-21-13/h2-3,6,8-10,15H,4-5,7H2,1H3,(H,16,18). The van der Waals surface area contributed by atoms with Crippen LogP contribution in [0, 0.1) is 0 Å². The van der Waals surface area contributed by atoms with E-state index < -0.39 is 0 Å². The third-order valence-corrected chi connectivity index (χ3v) is 4.01. The van der Waals surface area contributed by atoms with Crippen molar-refractivity contribution in [2.75, 3.05) is 19.0 Å². The van der Waals surface area contributed by atoms with Crippen molar-refractivity contribution < 1.29 is 4.74 Å². The molecule has 21 heavy (non-hydrogen) atoms. The fourth-order valence-corrected chi connectivity index (χ4v) is 2.79. The number of anilines is 1. The molecule has 7 heteroatoms. The Morgan fingerprint density at radius 3 is 3.19 bits per heavy atom. The van der Waals surface area contributed by atoms with E-state index in [1.165, 1.54) is 4.88 Å². The van der Waals surface area contributed by atoms with E-state index in [-0.39, 0.29) is 0 Å². The van der Waals surface area contributed by atoms with Gasteiger partial charge in [-0.05, 0) is 11.4 Å². The number of hydrogen-bond acceptors (Lipinski definition) is 5. The van der Waals surface area contributed by atoms with Gasteiger partial charge in [-0.3, -0.25) is 9.78 Å². The van der Waals surface area contributed by atoms with E-state index in [0.29, 0.717) is 13.2 Å². The van der Waals surface area contributed by atoms with Crippen LogP contribution in [0.5, 0.6) is 0 Å². The largest absolute Gasteiger partial charge is 0.383 e. The van der Waals surface area contributed by atoms with E-state index in [2.05, 4.69) is 32.1 Å². The predicted octanol–water partition coefficient (Wildman–Crippen LogP) is 2.59. The van der Waals surface area contributed by atoms with Gasteiger partial charge >= 0.3 is 0 Å². The summed E-state index contributed by atoms with van der Waals surface area (Å²) in [6.45, 7) is 2.12. The molecule has 0 saturated heterocycles. The van der Waals surface area contributed by atoms with Gasteiger partial charge in [-0.15, -0.1) is 11.3 Å². The number of H-pyrrole nitrogens is 1. The summed E-state index contributed by atoms with van der Waals surface area (Å²) in [4.78, 5) is 1.19. The summed E-state index contributed by atoms with van der Waals surface area (Å²) in [5.41, 5.74) is 3.20. The van der Waals surface area contributed by atoms with Crippen molar-refractivity contribution in [2.24, 2.45) is 0 Å². The molecule has 0 aromatic carbocycles. The van der Waals surface area contributed by atoms with Crippen molar-refractivity contribution >= 4 is 17.0 Å². The lowest BCUT2D eigenvalue weighted by molar-refractivity contribution is 0.183. The molecule has 0 radical (unpaired) electrons. The SMILES string of the molecule is COCCn1cc(NCc2cn[nH]c2-c2cccs2)cn1. The highest BCUT2D eigenvalue weighted by Crippen LogP contribution is 2.26. The van der Waals surface area contributed by atoms with Crippen LogP contribution < -0.4 is 5.32 Å². The van der Waals surface area contributed by atoms with Gasteiger partial charge in [-0.1, -0.05) is 6.07 Å². The van der Waals surface area contributed by atoms with Gasteiger partial charge in [-0.25, -0.2) is 0 Å². The average Bonchev–Trinajstić information content (AvgIpc) is 3.22. The minimum absolute atomic E-state index is 0.658. The van der Waals surface area contributed by atoms with Crippen LogP contribution in [0.25, 0.3) is 10.6 Å². The summed E-state index contributed by atoms with van der Waals surface area (Å²) in [7, 11) is 1.69. The summed E-state index contributed by atoms with van der Waals surface area (Å²) < 4.78 is 6.90. The average molecular weight is 303 g/mol. The molecule has 0 aliphatic rings. The first-order chi connectivity index (χ1) is 10.4. The quantitative estimate of drug-likeness (QED) is 0.704. The lowest BCUT2D eigenvalue weighted by Crippen LogP contribution is -2.04. The summed E-state index contributed by atoms with van der Waals surface area (Å²) >= 11 is 1.70. The van der Waals surface area contributed by atoms with Gasteiger partial charge in [0.05, 0.1) is 41.8 Å². The number of thiophene rings is 1. The zero-order valence-corrected chi connectivity index (χ0v) is 12.6. The van der Waals surface area contributed by atoms with Crippen molar-refractivity contribution in [2.45, 2.75) is 13.1 Å². The molecule has 0 atom stereocenters. The maximum Gasteiger partial charge on any atom is 0.0799 e. The number of rotatable bonds is 7. The zero-order chi connectivity index (χ0) is 14.5. The van der Waals surface area contributed by atoms with E-state index in [1.54, 1.807) is 18.4 Å². The van der Waals surface area contributed by atoms with Crippen LogP contribution in [-0.4, -0.2) is 33.7 Å². The number of aromatic nitrogens is 4. The molecule has 3 aromatic rings. The topological polar surface area (TPSA) is 67.8 Å². The third kappa shape index (κ3) is 3.32. The zero-order valence-electron chi connectivity index (χ0n) is 11.7. The van der Waals surface area contributed by atoms with Gasteiger partial charge in [0.25, 0.3) is 0 Å². The second-order valence-electron chi connectivity index (χ2n) is 4.59. The van der Waals surface area contributed by atoms with Gasteiger partial charge in [0.1, 0.15) is 0 Å². The molecule has 0 aliphatic carbocycles. The molecule has 2 N–H and O–H groups in total. The third-order valence-electron chi connectivity index (χ3n) is 3.13. The van der Waals surface area contributed by atoms with Gasteiger partial charge in [0.15, 0.2) is 0 Å². The Hall–Kier alpha value is -2.12. The van der Waals surface area contributed by atoms with Crippen LogP contribution in [0.3, 0.4) is 0 Å². The molecule has 0 aliphatic heterocycles. The minimum Gasteiger partial charge on any atom is -0.383 e. The van der Waals surface area contributed by atoms with Crippen LogP contribution in [-0.2, 0) is 17.8 Å². The molecular weight excluding hydrogens is 286 g/mol. The van der Waals surface area contributed by atoms with Gasteiger partial charge in [0, 0.05) is 25.4 Å². The first-order valence-corrected chi connectivity index (χ1v) is 7.56. The molecule has 0 spiro atoms. The maximum atomic E-state index is 5.04. The van der Waals surface area contributed by atoms with Crippen molar-refractivity contribution in [1.29, 1.82) is 0 Å². The van der Waals surface area contributed by atoms with Crippen molar-refractivity contribution in [3.63, 3.8) is 0 Å². The molecule has 0 unspecified atom stereocenters. The number of nitrogens with one attached hydrogen (secondary N) is 2. The number of nitrogens with zero attached hydrogens (tertiary/aromatic N) is 3. The Bertz CT molecular complexity index is 673. The van der Waals surface area contributed by atoms with E-state index in [4.69, 9.17) is 4.74 Å². The van der Waals surface area contributed by atoms with Gasteiger partial charge in [0.2, 0.25) is 0 Å². The highest BCUT2D eigenvalue weighted by molar-refractivity contribution is 7.13. The lowest BCUT2D eigenvalue weighted by atomic mass is 10.2. The van der Waals surface area contributed by atoms with E-state index in [1.807, 2.05) is 29.3 Å². The van der Waals surface area contributed by atoms with Gasteiger partial charge < -0.3 is 10.1 Å². The van der Waals surface area contributed by atoms with Gasteiger partial charge in [-0.2, -0.15) is 10.2 Å². The second-order valence-corrected chi connectivity index (χ2v) is 5.53. The summed E-state index contributed by atoms with van der Waals surface area (Å²) in [6.07, 6.45) is 5.65. The lowest BCUT2D eigenvalue weighted by Gasteiger charge is -2.03. The number of ether oxygens (including phenoxy) is 1. The van der Waals surface area contributed by atoms with Crippen LogP contribution in [0.2, 0.25) is 0 Å². The smallest absolute Gasteiger partial charge is 0.0799 e. The Morgan fingerprint density at radius 2 is 2.38 bits per heavy atom. The Kier molecular flexibility index (Phi) is 4.32. The number of methoxy groups -OCH3 is 1. The Balaban J connectivity index is 1.63. The highest BCUT2D eigenvalue weighted by Gasteiger charge is 2.08. The van der Waals surface area contributed by atoms with E-state index >= 15 is 0 Å². The van der Waals surface area contributed by atoms with E-state index in [0.717, 1.165) is 23.5 Å². The minimum atomic E-state index is 0.658. The normalized spacial score (nSPS) is 10.9. The van der Waals surface area contributed by atoms with Crippen LogP contribution in [0.15, 0.2) is 36.1 Å². The molecule has 6 nitrogen and oxygen atoms in total. The molecule has 110 valence electrons.